The highest BCUT2D eigenvalue weighted by Gasteiger charge is 2.29. The van der Waals surface area contributed by atoms with Crippen molar-refractivity contribution in [3.05, 3.63) is 144 Å². The third kappa shape index (κ3) is 9.98. The molecule has 2 amide bonds. The van der Waals surface area contributed by atoms with Gasteiger partial charge in [-0.05, 0) is 35.1 Å². The minimum absolute atomic E-state index is 0.0499. The molecule has 0 saturated heterocycles. The molecule has 4 rings (SSSR count). The van der Waals surface area contributed by atoms with Crippen LogP contribution in [0.15, 0.2) is 121 Å². The normalized spacial score (nSPS) is 13.9. The number of aliphatic hydroxyl groups excluding tert-OH is 2. The van der Waals surface area contributed by atoms with Crippen LogP contribution >= 0.6 is 0 Å². The van der Waals surface area contributed by atoms with Gasteiger partial charge in [-0.3, -0.25) is 13.8 Å². The van der Waals surface area contributed by atoms with Crippen LogP contribution in [0.4, 0.5) is 0 Å². The fourth-order valence-electron chi connectivity index (χ4n) is 5.19. The van der Waals surface area contributed by atoms with Crippen molar-refractivity contribution in [1.29, 1.82) is 0 Å². The van der Waals surface area contributed by atoms with Crippen molar-refractivity contribution < 1.29 is 24.0 Å². The molecule has 0 spiro atoms. The molecule has 0 radical (unpaired) electrons. The van der Waals surface area contributed by atoms with Crippen molar-refractivity contribution in [3.63, 3.8) is 0 Å². The van der Waals surface area contributed by atoms with Crippen molar-refractivity contribution in [2.24, 2.45) is 11.8 Å². The van der Waals surface area contributed by atoms with Crippen LogP contribution in [0.1, 0.15) is 34.3 Å². The molecule has 0 aliphatic rings. The summed E-state index contributed by atoms with van der Waals surface area (Å²) in [6.45, 7) is -0.548. The summed E-state index contributed by atoms with van der Waals surface area (Å²) >= 11 is 0. The summed E-state index contributed by atoms with van der Waals surface area (Å²) in [5, 5.41) is 26.0. The van der Waals surface area contributed by atoms with E-state index in [1.54, 1.807) is 0 Å². The lowest BCUT2D eigenvalue weighted by Gasteiger charge is -2.24. The molecule has 8 heteroatoms. The molecule has 0 aromatic heterocycles. The first-order chi connectivity index (χ1) is 21.5. The van der Waals surface area contributed by atoms with Crippen LogP contribution in [0.3, 0.4) is 0 Å². The van der Waals surface area contributed by atoms with Gasteiger partial charge in [-0.2, -0.15) is 0 Å². The van der Waals surface area contributed by atoms with Gasteiger partial charge in [0.25, 0.3) is 0 Å². The molecule has 4 aromatic carbocycles. The molecular weight excluding hydrogens is 572 g/mol. The van der Waals surface area contributed by atoms with E-state index in [4.69, 9.17) is 0 Å². The summed E-state index contributed by atoms with van der Waals surface area (Å²) in [7, 11) is -1.54. The average Bonchev–Trinajstić information content (AvgIpc) is 3.07. The Kier molecular flexibility index (Phi) is 12.9. The number of hydrogen-bond acceptors (Lipinski definition) is 5. The lowest BCUT2D eigenvalue weighted by molar-refractivity contribution is -0.126. The highest BCUT2D eigenvalue weighted by atomic mass is 32.2. The molecule has 0 bridgehead atoms. The Morgan fingerprint density at radius 1 is 0.545 bits per heavy atom. The lowest BCUT2D eigenvalue weighted by Crippen LogP contribution is -2.41. The maximum atomic E-state index is 13.8. The Labute approximate surface area is 261 Å². The van der Waals surface area contributed by atoms with Gasteiger partial charge in [0.05, 0.1) is 37.1 Å². The van der Waals surface area contributed by atoms with E-state index in [0.717, 1.165) is 22.3 Å². The van der Waals surface area contributed by atoms with Crippen LogP contribution in [0.2, 0.25) is 0 Å². The highest BCUT2D eigenvalue weighted by Crippen LogP contribution is 2.19. The third-order valence-electron chi connectivity index (χ3n) is 7.57. The molecular formula is C36H40N2O5S. The Bertz CT molecular complexity index is 1340. The first-order valence-corrected chi connectivity index (χ1v) is 16.3. The number of amides is 2. The van der Waals surface area contributed by atoms with Gasteiger partial charge < -0.3 is 20.8 Å². The molecule has 44 heavy (non-hydrogen) atoms. The van der Waals surface area contributed by atoms with Crippen molar-refractivity contribution in [1.82, 2.24) is 10.6 Å². The standard InChI is InChI=1S/C36H40N2O5S/c39-23-33(29-17-9-3-10-18-29)37-35(41)31(21-27-13-5-1-6-14-27)25-44(43)26-32(22-28-15-7-2-8-16-28)36(42)38-34(24-40)30-19-11-4-12-20-30/h1-20,31-34,39-40H,21-26H2,(H,37,41)(H,38,42)/t31-,32-,33-,34-/m0/s1. The van der Waals surface area contributed by atoms with Gasteiger partial charge in [-0.25, -0.2) is 0 Å². The Balaban J connectivity index is 1.51. The monoisotopic (exact) mass is 612 g/mol. The smallest absolute Gasteiger partial charge is 0.224 e. The number of aliphatic hydroxyl groups is 2. The van der Waals surface area contributed by atoms with Gasteiger partial charge in [-0.1, -0.05) is 121 Å². The van der Waals surface area contributed by atoms with Crippen molar-refractivity contribution >= 4 is 22.6 Å². The fourth-order valence-corrected chi connectivity index (χ4v) is 6.76. The largest absolute Gasteiger partial charge is 0.394 e. The van der Waals surface area contributed by atoms with E-state index in [9.17, 15) is 24.0 Å². The van der Waals surface area contributed by atoms with Crippen molar-refractivity contribution in [3.8, 4) is 0 Å². The first kappa shape index (κ1) is 32.8. The number of carbonyl (C=O) groups excluding carboxylic acids is 2. The van der Waals surface area contributed by atoms with E-state index in [0.29, 0.717) is 12.8 Å². The maximum absolute atomic E-state index is 13.8. The Morgan fingerprint density at radius 2 is 0.864 bits per heavy atom. The van der Waals surface area contributed by atoms with Gasteiger partial charge in [0.1, 0.15) is 0 Å². The molecule has 0 unspecified atom stereocenters. The van der Waals surface area contributed by atoms with Crippen LogP contribution < -0.4 is 10.6 Å². The summed E-state index contributed by atoms with van der Waals surface area (Å²) in [5.41, 5.74) is 3.41. The van der Waals surface area contributed by atoms with Gasteiger partial charge >= 0.3 is 0 Å². The number of rotatable bonds is 16. The molecule has 0 fully saturated rings. The SMILES string of the molecule is O=C(N[C@@H](CO)c1ccccc1)[C@@H](Cc1ccccc1)CS(=O)C[C@H](Cc1ccccc1)C(=O)N[C@@H](CO)c1ccccc1. The van der Waals surface area contributed by atoms with Crippen LogP contribution in [-0.2, 0) is 33.2 Å². The van der Waals surface area contributed by atoms with Crippen LogP contribution in [0.5, 0.6) is 0 Å². The van der Waals surface area contributed by atoms with Crippen LogP contribution in [-0.4, -0.2) is 51.0 Å². The van der Waals surface area contributed by atoms with Crippen molar-refractivity contribution in [2.75, 3.05) is 24.7 Å². The van der Waals surface area contributed by atoms with Gasteiger partial charge in [-0.15, -0.1) is 0 Å². The van der Waals surface area contributed by atoms with Crippen LogP contribution in [0, 0.1) is 11.8 Å². The summed E-state index contributed by atoms with van der Waals surface area (Å²) in [4.78, 5) is 27.2. The van der Waals surface area contributed by atoms with E-state index in [1.165, 1.54) is 0 Å². The van der Waals surface area contributed by atoms with Crippen LogP contribution in [0.25, 0.3) is 0 Å². The topological polar surface area (TPSA) is 116 Å². The van der Waals surface area contributed by atoms with E-state index < -0.39 is 34.7 Å². The number of nitrogens with one attached hydrogen (secondary N) is 2. The zero-order chi connectivity index (χ0) is 31.1. The summed E-state index contributed by atoms with van der Waals surface area (Å²) in [6.07, 6.45) is 0.725. The van der Waals surface area contributed by atoms with Crippen molar-refractivity contribution in [2.45, 2.75) is 24.9 Å². The first-order valence-electron chi connectivity index (χ1n) is 14.8. The van der Waals surface area contributed by atoms with E-state index >= 15 is 0 Å². The zero-order valence-electron chi connectivity index (χ0n) is 24.6. The molecule has 0 aliphatic heterocycles. The summed E-state index contributed by atoms with van der Waals surface area (Å²) in [6, 6.07) is 36.4. The van der Waals surface area contributed by atoms with E-state index in [2.05, 4.69) is 10.6 Å². The molecule has 0 aliphatic carbocycles. The minimum atomic E-state index is -1.54. The molecule has 0 saturated carbocycles. The van der Waals surface area contributed by atoms with Gasteiger partial charge in [0.15, 0.2) is 0 Å². The second-order valence-electron chi connectivity index (χ2n) is 10.9. The predicted octanol–water partition coefficient (Wildman–Crippen LogP) is 4.15. The quantitative estimate of drug-likeness (QED) is 0.152. The fraction of sp³-hybridized carbons (Fsp3) is 0.278. The number of carbonyl (C=O) groups is 2. The molecule has 4 aromatic rings. The molecule has 0 heterocycles. The number of hydrogen-bond donors (Lipinski definition) is 4. The van der Waals surface area contributed by atoms with E-state index in [-0.39, 0.29) is 36.5 Å². The third-order valence-corrected chi connectivity index (χ3v) is 9.12. The molecule has 4 atom stereocenters. The average molecular weight is 613 g/mol. The number of benzene rings is 4. The minimum Gasteiger partial charge on any atom is -0.394 e. The maximum Gasteiger partial charge on any atom is 0.224 e. The molecule has 4 N–H and O–H groups in total. The second-order valence-corrected chi connectivity index (χ2v) is 12.4. The Morgan fingerprint density at radius 3 is 1.18 bits per heavy atom. The second kappa shape index (κ2) is 17.3. The van der Waals surface area contributed by atoms with Gasteiger partial charge in [0, 0.05) is 22.3 Å². The predicted molar refractivity (Wildman–Crippen MR) is 174 cm³/mol. The molecule has 7 nitrogen and oxygen atoms in total. The summed E-state index contributed by atoms with van der Waals surface area (Å²) in [5.74, 6) is -1.81. The highest BCUT2D eigenvalue weighted by molar-refractivity contribution is 7.85. The van der Waals surface area contributed by atoms with Gasteiger partial charge in [0.2, 0.25) is 11.8 Å². The summed E-state index contributed by atoms with van der Waals surface area (Å²) < 4.78 is 13.8. The Hall–Kier alpha value is -4.11. The molecule has 230 valence electrons. The zero-order valence-corrected chi connectivity index (χ0v) is 25.4. The van der Waals surface area contributed by atoms with E-state index in [1.807, 2.05) is 121 Å². The lowest BCUT2D eigenvalue weighted by atomic mass is 9.99.